The number of amides is 1. The third kappa shape index (κ3) is 6.92. The molecule has 1 fully saturated rings. The molecular formula is C15H23F3N2O3. The molecule has 1 aliphatic heterocycles. The van der Waals surface area contributed by atoms with E-state index in [0.29, 0.717) is 32.0 Å². The van der Waals surface area contributed by atoms with Gasteiger partial charge in [0.25, 0.3) is 5.78 Å². The molecule has 0 spiro atoms. The number of piperidine rings is 1. The van der Waals surface area contributed by atoms with Crippen LogP contribution in [-0.2, 0) is 9.53 Å². The summed E-state index contributed by atoms with van der Waals surface area (Å²) in [7, 11) is 0. The fourth-order valence-corrected chi connectivity index (χ4v) is 2.17. The maximum absolute atomic E-state index is 12.2. The highest BCUT2D eigenvalue weighted by Crippen LogP contribution is 2.18. The summed E-state index contributed by atoms with van der Waals surface area (Å²) < 4.78 is 41.8. The molecule has 0 aromatic rings. The van der Waals surface area contributed by atoms with Gasteiger partial charge >= 0.3 is 12.3 Å². The Labute approximate surface area is 133 Å². The molecule has 8 heteroatoms. The molecule has 1 rings (SSSR count). The number of alkyl halides is 3. The topological polar surface area (TPSA) is 58.6 Å². The molecule has 1 saturated heterocycles. The minimum Gasteiger partial charge on any atom is -0.444 e. The van der Waals surface area contributed by atoms with Gasteiger partial charge in [-0.05, 0) is 40.5 Å². The molecule has 1 N–H and O–H groups in total. The van der Waals surface area contributed by atoms with Crippen LogP contribution in [0.2, 0.25) is 0 Å². The number of likely N-dealkylation sites (tertiary alicyclic amines) is 1. The van der Waals surface area contributed by atoms with Crippen molar-refractivity contribution in [3.63, 3.8) is 0 Å². The zero-order valence-corrected chi connectivity index (χ0v) is 13.8. The zero-order valence-electron chi connectivity index (χ0n) is 13.8. The summed E-state index contributed by atoms with van der Waals surface area (Å²) >= 11 is 0. The molecule has 0 atom stereocenters. The smallest absolute Gasteiger partial charge is 0.444 e. The molecular weight excluding hydrogens is 313 g/mol. The van der Waals surface area contributed by atoms with Crippen LogP contribution in [0.3, 0.4) is 0 Å². The van der Waals surface area contributed by atoms with Crippen molar-refractivity contribution in [2.24, 2.45) is 0 Å². The Morgan fingerprint density at radius 2 is 1.70 bits per heavy atom. The van der Waals surface area contributed by atoms with Gasteiger partial charge in [-0.2, -0.15) is 13.2 Å². The van der Waals surface area contributed by atoms with E-state index in [-0.39, 0.29) is 11.7 Å². The van der Waals surface area contributed by atoms with E-state index in [1.807, 2.05) is 0 Å². The molecule has 1 aliphatic rings. The number of carbonyl (C=O) groups excluding carboxylic acids is 2. The van der Waals surface area contributed by atoms with Crippen molar-refractivity contribution in [1.82, 2.24) is 10.2 Å². The number of allylic oxidation sites excluding steroid dienone is 2. The Morgan fingerprint density at radius 1 is 1.17 bits per heavy atom. The quantitative estimate of drug-likeness (QED) is 0.805. The molecule has 1 heterocycles. The van der Waals surface area contributed by atoms with Crippen LogP contribution in [0.4, 0.5) is 18.0 Å². The standard InChI is InChI=1S/C15H23F3N2O3/c1-10(9-12(21)15(16,17)18)19-11-5-7-20(8-6-11)13(22)23-14(2,3)4/h9,11,19H,5-8H2,1-4H3/b10-9+. The van der Waals surface area contributed by atoms with Crippen LogP contribution in [0, 0.1) is 0 Å². The highest BCUT2D eigenvalue weighted by atomic mass is 19.4. The molecule has 0 aliphatic carbocycles. The number of nitrogens with zero attached hydrogens (tertiary/aromatic N) is 1. The Kier molecular flexibility index (Phi) is 6.07. The fraction of sp³-hybridized carbons (Fsp3) is 0.733. The minimum atomic E-state index is -4.86. The van der Waals surface area contributed by atoms with Gasteiger partial charge in [-0.15, -0.1) is 0 Å². The Bertz CT molecular complexity index is 473. The summed E-state index contributed by atoms with van der Waals surface area (Å²) in [5, 5.41) is 2.89. The summed E-state index contributed by atoms with van der Waals surface area (Å²) in [5.74, 6) is -1.88. The van der Waals surface area contributed by atoms with Gasteiger partial charge in [0, 0.05) is 30.9 Å². The van der Waals surface area contributed by atoms with E-state index in [1.165, 1.54) is 6.92 Å². The van der Waals surface area contributed by atoms with Crippen LogP contribution in [-0.4, -0.2) is 47.7 Å². The lowest BCUT2D eigenvalue weighted by molar-refractivity contribution is -0.165. The molecule has 23 heavy (non-hydrogen) atoms. The molecule has 0 unspecified atom stereocenters. The first-order valence-corrected chi connectivity index (χ1v) is 7.42. The lowest BCUT2D eigenvalue weighted by atomic mass is 10.0. The van der Waals surface area contributed by atoms with Gasteiger partial charge in [-0.1, -0.05) is 0 Å². The summed E-state index contributed by atoms with van der Waals surface area (Å²) in [6.07, 6.45) is -3.55. The van der Waals surface area contributed by atoms with E-state index in [0.717, 1.165) is 0 Å². The average molecular weight is 336 g/mol. The normalized spacial score (nSPS) is 17.9. The first-order chi connectivity index (χ1) is 10.4. The summed E-state index contributed by atoms with van der Waals surface area (Å²) in [6.45, 7) is 7.67. The number of ether oxygens (including phenoxy) is 1. The molecule has 132 valence electrons. The van der Waals surface area contributed by atoms with Crippen LogP contribution in [0.15, 0.2) is 11.8 Å². The van der Waals surface area contributed by atoms with E-state index in [4.69, 9.17) is 4.74 Å². The lowest BCUT2D eigenvalue weighted by Gasteiger charge is -2.34. The second-order valence-electron chi connectivity index (χ2n) is 6.58. The second-order valence-corrected chi connectivity index (χ2v) is 6.58. The van der Waals surface area contributed by atoms with Gasteiger partial charge in [0.05, 0.1) is 0 Å². The van der Waals surface area contributed by atoms with Crippen molar-refractivity contribution in [1.29, 1.82) is 0 Å². The van der Waals surface area contributed by atoms with Crippen LogP contribution in [0.25, 0.3) is 0 Å². The maximum Gasteiger partial charge on any atom is 0.454 e. The van der Waals surface area contributed by atoms with E-state index in [2.05, 4.69) is 5.32 Å². The van der Waals surface area contributed by atoms with E-state index in [1.54, 1.807) is 25.7 Å². The first kappa shape index (κ1) is 19.3. The van der Waals surface area contributed by atoms with E-state index in [9.17, 15) is 22.8 Å². The summed E-state index contributed by atoms with van der Waals surface area (Å²) in [5.41, 5.74) is -0.397. The maximum atomic E-state index is 12.2. The Hall–Kier alpha value is -1.73. The highest BCUT2D eigenvalue weighted by Gasteiger charge is 2.36. The number of ketones is 1. The van der Waals surface area contributed by atoms with Gasteiger partial charge < -0.3 is 15.0 Å². The van der Waals surface area contributed by atoms with Crippen LogP contribution < -0.4 is 5.32 Å². The summed E-state index contributed by atoms with van der Waals surface area (Å²) in [6, 6.07) is -0.0778. The predicted octanol–water partition coefficient (Wildman–Crippen LogP) is 3.01. The van der Waals surface area contributed by atoms with E-state index < -0.39 is 23.7 Å². The third-order valence-electron chi connectivity index (χ3n) is 3.21. The van der Waals surface area contributed by atoms with Gasteiger partial charge in [0.1, 0.15) is 5.60 Å². The van der Waals surface area contributed by atoms with Crippen molar-refractivity contribution in [3.8, 4) is 0 Å². The highest BCUT2D eigenvalue weighted by molar-refractivity contribution is 5.94. The number of carbonyl (C=O) groups is 2. The van der Waals surface area contributed by atoms with Crippen molar-refractivity contribution >= 4 is 11.9 Å². The molecule has 5 nitrogen and oxygen atoms in total. The molecule has 0 aromatic heterocycles. The van der Waals surface area contributed by atoms with Crippen molar-refractivity contribution in [2.45, 2.75) is 58.4 Å². The van der Waals surface area contributed by atoms with Gasteiger partial charge in [-0.25, -0.2) is 4.79 Å². The first-order valence-electron chi connectivity index (χ1n) is 7.42. The average Bonchev–Trinajstić information content (AvgIpc) is 2.36. The summed E-state index contributed by atoms with van der Waals surface area (Å²) in [4.78, 5) is 24.4. The zero-order chi connectivity index (χ0) is 17.8. The van der Waals surface area contributed by atoms with E-state index >= 15 is 0 Å². The molecule has 0 radical (unpaired) electrons. The second kappa shape index (κ2) is 7.23. The van der Waals surface area contributed by atoms with Crippen LogP contribution in [0.1, 0.15) is 40.5 Å². The molecule has 0 bridgehead atoms. The van der Waals surface area contributed by atoms with Crippen LogP contribution >= 0.6 is 0 Å². The largest absolute Gasteiger partial charge is 0.454 e. The molecule has 1 amide bonds. The Morgan fingerprint density at radius 3 is 2.13 bits per heavy atom. The third-order valence-corrected chi connectivity index (χ3v) is 3.21. The Balaban J connectivity index is 2.47. The van der Waals surface area contributed by atoms with Gasteiger partial charge in [0.2, 0.25) is 0 Å². The number of hydrogen-bond donors (Lipinski definition) is 1. The number of rotatable bonds is 3. The number of nitrogens with one attached hydrogen (secondary N) is 1. The van der Waals surface area contributed by atoms with Crippen LogP contribution in [0.5, 0.6) is 0 Å². The van der Waals surface area contributed by atoms with Crippen molar-refractivity contribution in [2.75, 3.05) is 13.1 Å². The van der Waals surface area contributed by atoms with Crippen molar-refractivity contribution < 1.29 is 27.5 Å². The monoisotopic (exact) mass is 336 g/mol. The fourth-order valence-electron chi connectivity index (χ4n) is 2.17. The van der Waals surface area contributed by atoms with Crippen molar-refractivity contribution in [3.05, 3.63) is 11.8 Å². The minimum absolute atomic E-state index is 0.0778. The SMILES string of the molecule is C/C(=C\C(=O)C(F)(F)F)NC1CCN(C(=O)OC(C)(C)C)CC1. The number of halogens is 3. The lowest BCUT2D eigenvalue weighted by Crippen LogP contribution is -2.46. The van der Waals surface area contributed by atoms with Gasteiger partial charge in [-0.3, -0.25) is 4.79 Å². The van der Waals surface area contributed by atoms with Gasteiger partial charge in [0.15, 0.2) is 0 Å². The molecule has 0 aromatic carbocycles. The predicted molar refractivity (Wildman–Crippen MR) is 78.8 cm³/mol. The number of hydrogen-bond acceptors (Lipinski definition) is 4. The molecule has 0 saturated carbocycles.